The van der Waals surface area contributed by atoms with Crippen LogP contribution < -0.4 is 0 Å². The molecule has 0 aromatic rings. The Bertz CT molecular complexity index is 387. The fraction of sp³-hybridized carbons (Fsp3) is 0.778. The van der Waals surface area contributed by atoms with Crippen molar-refractivity contribution in [2.75, 3.05) is 0 Å². The summed E-state index contributed by atoms with van der Waals surface area (Å²) >= 11 is 0. The number of rotatable bonds is 0. The summed E-state index contributed by atoms with van der Waals surface area (Å²) in [5, 5.41) is 0. The average molecular weight is 242 g/mol. The molecular weight excluding hydrogens is 216 g/mol. The highest BCUT2D eigenvalue weighted by Gasteiger charge is 2.53. The van der Waals surface area contributed by atoms with Crippen LogP contribution in [-0.4, -0.2) is 0 Å². The largest absolute Gasteiger partial charge is 0.0768 e. The molecule has 4 aliphatic rings. The molecule has 0 heteroatoms. The minimum Gasteiger partial charge on any atom is -0.0768 e. The molecule has 0 heterocycles. The number of fused-ring (bicyclic) bond motifs is 1. The molecule has 18 heavy (non-hydrogen) atoms. The second-order valence-electron chi connectivity index (χ2n) is 7.18. The first-order chi connectivity index (χ1) is 8.91. The van der Waals surface area contributed by atoms with Crippen LogP contribution in [-0.2, 0) is 0 Å². The molecule has 0 aromatic carbocycles. The van der Waals surface area contributed by atoms with Gasteiger partial charge in [0.05, 0.1) is 0 Å². The number of hydrogen-bond donors (Lipinski definition) is 0. The molecule has 0 N–H and O–H groups in total. The van der Waals surface area contributed by atoms with Gasteiger partial charge in [-0.05, 0) is 62.2 Å². The highest BCUT2D eigenvalue weighted by molar-refractivity contribution is 5.32. The van der Waals surface area contributed by atoms with E-state index in [4.69, 9.17) is 0 Å². The molecule has 3 fully saturated rings. The Balaban J connectivity index is 1.80. The van der Waals surface area contributed by atoms with E-state index < -0.39 is 0 Å². The molecule has 1 spiro atoms. The molecule has 4 aliphatic carbocycles. The van der Waals surface area contributed by atoms with Crippen LogP contribution in [0.15, 0.2) is 23.8 Å². The highest BCUT2D eigenvalue weighted by Crippen LogP contribution is 2.63. The van der Waals surface area contributed by atoms with Crippen molar-refractivity contribution >= 4 is 0 Å². The smallest absolute Gasteiger partial charge is 0.00448 e. The zero-order valence-corrected chi connectivity index (χ0v) is 11.5. The minimum absolute atomic E-state index is 0.700. The zero-order chi connectivity index (χ0) is 12.0. The molecule has 4 rings (SSSR count). The second kappa shape index (κ2) is 4.25. The topological polar surface area (TPSA) is 0 Å². The van der Waals surface area contributed by atoms with Gasteiger partial charge in [-0.2, -0.15) is 0 Å². The van der Waals surface area contributed by atoms with Gasteiger partial charge in [0.25, 0.3) is 0 Å². The molecule has 0 aromatic heterocycles. The van der Waals surface area contributed by atoms with Crippen LogP contribution in [0.25, 0.3) is 0 Å². The lowest BCUT2D eigenvalue weighted by Gasteiger charge is -2.55. The lowest BCUT2D eigenvalue weighted by molar-refractivity contribution is -0.0391. The Hall–Kier alpha value is -0.520. The molecule has 0 saturated heterocycles. The first kappa shape index (κ1) is 11.3. The fourth-order valence-corrected chi connectivity index (χ4v) is 6.03. The molecule has 98 valence electrons. The van der Waals surface area contributed by atoms with E-state index in [1.54, 1.807) is 5.57 Å². The average Bonchev–Trinajstić information content (AvgIpc) is 2.82. The SMILES string of the molecule is C1=CC2C(=C1)CCCC1CCCC3CCCCC312. The molecule has 0 nitrogen and oxygen atoms in total. The molecule has 3 saturated carbocycles. The Morgan fingerprint density at radius 2 is 1.67 bits per heavy atom. The van der Waals surface area contributed by atoms with E-state index in [0.717, 1.165) is 17.8 Å². The van der Waals surface area contributed by atoms with Crippen molar-refractivity contribution in [2.45, 2.75) is 64.2 Å². The Morgan fingerprint density at radius 3 is 2.56 bits per heavy atom. The van der Waals surface area contributed by atoms with E-state index in [1.807, 2.05) is 0 Å². The van der Waals surface area contributed by atoms with Crippen molar-refractivity contribution in [3.8, 4) is 0 Å². The van der Waals surface area contributed by atoms with Crippen LogP contribution in [0.5, 0.6) is 0 Å². The van der Waals surface area contributed by atoms with Gasteiger partial charge in [-0.25, -0.2) is 0 Å². The normalized spacial score (nSPS) is 46.7. The second-order valence-corrected chi connectivity index (χ2v) is 7.18. The van der Waals surface area contributed by atoms with E-state index in [-0.39, 0.29) is 0 Å². The van der Waals surface area contributed by atoms with E-state index in [2.05, 4.69) is 18.2 Å². The maximum atomic E-state index is 2.58. The monoisotopic (exact) mass is 242 g/mol. The van der Waals surface area contributed by atoms with Gasteiger partial charge in [0.2, 0.25) is 0 Å². The van der Waals surface area contributed by atoms with Gasteiger partial charge < -0.3 is 0 Å². The summed E-state index contributed by atoms with van der Waals surface area (Å²) in [6, 6.07) is 0. The van der Waals surface area contributed by atoms with Crippen LogP contribution in [0.1, 0.15) is 64.2 Å². The van der Waals surface area contributed by atoms with Crippen LogP contribution in [0.2, 0.25) is 0 Å². The van der Waals surface area contributed by atoms with Gasteiger partial charge in [0, 0.05) is 5.92 Å². The Morgan fingerprint density at radius 1 is 0.889 bits per heavy atom. The molecule has 4 unspecified atom stereocenters. The van der Waals surface area contributed by atoms with Crippen molar-refractivity contribution < 1.29 is 0 Å². The highest BCUT2D eigenvalue weighted by atomic mass is 14.6. The minimum atomic E-state index is 0.700. The summed E-state index contributed by atoms with van der Waals surface area (Å²) in [5.41, 5.74) is 2.50. The maximum absolute atomic E-state index is 2.58. The van der Waals surface area contributed by atoms with Crippen LogP contribution in [0.3, 0.4) is 0 Å². The predicted molar refractivity (Wildman–Crippen MR) is 76.3 cm³/mol. The third-order valence-electron chi connectivity index (χ3n) is 6.65. The van der Waals surface area contributed by atoms with Crippen LogP contribution >= 0.6 is 0 Å². The lowest BCUT2D eigenvalue weighted by atomic mass is 9.49. The van der Waals surface area contributed by atoms with E-state index in [0.29, 0.717) is 5.41 Å². The molecular formula is C18H26. The summed E-state index contributed by atoms with van der Waals surface area (Å²) < 4.78 is 0. The Labute approximate surface area is 112 Å². The third kappa shape index (κ3) is 1.44. The molecule has 0 radical (unpaired) electrons. The van der Waals surface area contributed by atoms with Gasteiger partial charge in [-0.15, -0.1) is 0 Å². The van der Waals surface area contributed by atoms with Gasteiger partial charge >= 0.3 is 0 Å². The lowest BCUT2D eigenvalue weighted by Crippen LogP contribution is -2.47. The van der Waals surface area contributed by atoms with Crippen molar-refractivity contribution in [1.29, 1.82) is 0 Å². The fourth-order valence-electron chi connectivity index (χ4n) is 6.03. The van der Waals surface area contributed by atoms with Crippen LogP contribution in [0.4, 0.5) is 0 Å². The summed E-state index contributed by atoms with van der Waals surface area (Å²) in [6.45, 7) is 0. The summed E-state index contributed by atoms with van der Waals surface area (Å²) in [7, 11) is 0. The first-order valence-electron chi connectivity index (χ1n) is 8.28. The van der Waals surface area contributed by atoms with Gasteiger partial charge in [0.1, 0.15) is 0 Å². The van der Waals surface area contributed by atoms with E-state index >= 15 is 0 Å². The zero-order valence-electron chi connectivity index (χ0n) is 11.5. The molecule has 0 aliphatic heterocycles. The van der Waals surface area contributed by atoms with E-state index in [1.165, 1.54) is 64.2 Å². The van der Waals surface area contributed by atoms with E-state index in [9.17, 15) is 0 Å². The molecule has 4 atom stereocenters. The Kier molecular flexibility index (Phi) is 2.67. The van der Waals surface area contributed by atoms with Crippen molar-refractivity contribution in [3.05, 3.63) is 23.8 Å². The van der Waals surface area contributed by atoms with Crippen molar-refractivity contribution in [2.24, 2.45) is 23.2 Å². The van der Waals surface area contributed by atoms with Gasteiger partial charge in [-0.3, -0.25) is 0 Å². The van der Waals surface area contributed by atoms with Gasteiger partial charge in [0.15, 0.2) is 0 Å². The first-order valence-corrected chi connectivity index (χ1v) is 8.28. The summed E-state index contributed by atoms with van der Waals surface area (Å²) in [6.07, 6.45) is 22.5. The maximum Gasteiger partial charge on any atom is 0.00448 e. The number of hydrogen-bond acceptors (Lipinski definition) is 0. The third-order valence-corrected chi connectivity index (χ3v) is 6.65. The quantitative estimate of drug-likeness (QED) is 0.543. The molecule has 0 bridgehead atoms. The summed E-state index contributed by atoms with van der Waals surface area (Å²) in [5.74, 6) is 2.95. The van der Waals surface area contributed by atoms with Gasteiger partial charge in [-0.1, -0.05) is 43.1 Å². The standard InChI is InChI=1S/C18H26/c1-2-13-18-15(8-1)10-5-11-16(18)9-3-6-14-7-4-12-17(14)18/h4,7,12,15-17H,1-3,5-6,8-11,13H2. The summed E-state index contributed by atoms with van der Waals surface area (Å²) in [4.78, 5) is 0. The predicted octanol–water partition coefficient (Wildman–Crippen LogP) is 5.26. The number of allylic oxidation sites excluding steroid dienone is 4. The van der Waals surface area contributed by atoms with Crippen molar-refractivity contribution in [1.82, 2.24) is 0 Å². The van der Waals surface area contributed by atoms with Crippen LogP contribution in [0, 0.1) is 23.2 Å². The van der Waals surface area contributed by atoms with Crippen molar-refractivity contribution in [3.63, 3.8) is 0 Å². The molecule has 0 amide bonds.